The normalized spacial score (nSPS) is 10.2. The lowest BCUT2D eigenvalue weighted by Gasteiger charge is -2.08. The van der Waals surface area contributed by atoms with Crippen LogP contribution in [0.5, 0.6) is 5.75 Å². The molecule has 0 aliphatic heterocycles. The summed E-state index contributed by atoms with van der Waals surface area (Å²) in [4.78, 5) is 16.5. The van der Waals surface area contributed by atoms with E-state index in [1.54, 1.807) is 24.4 Å². The van der Waals surface area contributed by atoms with E-state index in [0.717, 1.165) is 11.4 Å². The fraction of sp³-hybridized carbons (Fsp3) is 0.143. The molecule has 3 rings (SSSR count). The van der Waals surface area contributed by atoms with Crippen LogP contribution in [-0.4, -0.2) is 17.5 Å². The molecule has 5 heteroatoms. The van der Waals surface area contributed by atoms with Crippen molar-refractivity contribution in [2.24, 2.45) is 0 Å². The zero-order valence-electron chi connectivity index (χ0n) is 14.6. The van der Waals surface area contributed by atoms with Crippen LogP contribution >= 0.6 is 0 Å². The topological polar surface area (TPSA) is 63.2 Å². The van der Waals surface area contributed by atoms with Gasteiger partial charge in [-0.05, 0) is 48.9 Å². The number of anilines is 2. The van der Waals surface area contributed by atoms with Crippen molar-refractivity contribution < 1.29 is 9.53 Å². The number of nitrogens with zero attached hydrogens (tertiary/aromatic N) is 1. The lowest BCUT2D eigenvalue weighted by Crippen LogP contribution is -2.13. The number of ether oxygens (including phenoxy) is 1. The van der Waals surface area contributed by atoms with E-state index < -0.39 is 0 Å². The summed E-state index contributed by atoms with van der Waals surface area (Å²) in [5, 5.41) is 6.11. The van der Waals surface area contributed by atoms with Crippen LogP contribution in [0.15, 0.2) is 72.9 Å². The number of rotatable bonds is 7. The van der Waals surface area contributed by atoms with Crippen LogP contribution in [0.4, 0.5) is 11.4 Å². The van der Waals surface area contributed by atoms with E-state index in [-0.39, 0.29) is 5.91 Å². The maximum atomic E-state index is 12.3. The molecular formula is C21H21N3O2. The molecule has 132 valence electrons. The van der Waals surface area contributed by atoms with Gasteiger partial charge in [0.2, 0.25) is 0 Å². The van der Waals surface area contributed by atoms with Gasteiger partial charge in [-0.3, -0.25) is 4.79 Å². The first-order valence-corrected chi connectivity index (χ1v) is 8.52. The lowest BCUT2D eigenvalue weighted by atomic mass is 10.2. The highest BCUT2D eigenvalue weighted by molar-refractivity contribution is 6.02. The molecule has 2 N–H and O–H groups in total. The molecule has 26 heavy (non-hydrogen) atoms. The first kappa shape index (κ1) is 17.5. The molecule has 0 atom stereocenters. The Morgan fingerprint density at radius 1 is 0.962 bits per heavy atom. The number of hydrogen-bond donors (Lipinski definition) is 2. The standard InChI is InChI=1S/C21H21N3O2/c1-2-26-19-11-8-17(9-12-19)24-21(25)20-13-10-18(15-23-20)22-14-16-6-4-3-5-7-16/h3-13,15,22H,2,14H2,1H3,(H,24,25). The van der Waals surface area contributed by atoms with E-state index in [2.05, 4.69) is 27.8 Å². The van der Waals surface area contributed by atoms with Crippen molar-refractivity contribution in [2.75, 3.05) is 17.2 Å². The quantitative estimate of drug-likeness (QED) is 0.667. The first-order valence-electron chi connectivity index (χ1n) is 8.52. The average molecular weight is 347 g/mol. The summed E-state index contributed by atoms with van der Waals surface area (Å²) < 4.78 is 5.39. The number of benzene rings is 2. The molecule has 5 nitrogen and oxygen atoms in total. The van der Waals surface area contributed by atoms with Crippen LogP contribution < -0.4 is 15.4 Å². The Kier molecular flexibility index (Phi) is 5.83. The maximum Gasteiger partial charge on any atom is 0.274 e. The number of hydrogen-bond acceptors (Lipinski definition) is 4. The Morgan fingerprint density at radius 2 is 1.69 bits per heavy atom. The predicted octanol–water partition coefficient (Wildman–Crippen LogP) is 4.34. The Bertz CT molecular complexity index is 831. The Hall–Kier alpha value is -3.34. The molecular weight excluding hydrogens is 326 g/mol. The molecule has 0 aliphatic rings. The van der Waals surface area contributed by atoms with Gasteiger partial charge in [-0.2, -0.15) is 0 Å². The number of pyridine rings is 1. The summed E-state index contributed by atoms with van der Waals surface area (Å²) in [6.07, 6.45) is 1.66. The van der Waals surface area contributed by atoms with Gasteiger partial charge in [0.15, 0.2) is 0 Å². The number of nitrogens with one attached hydrogen (secondary N) is 2. The molecule has 1 aromatic heterocycles. The minimum Gasteiger partial charge on any atom is -0.494 e. The summed E-state index contributed by atoms with van der Waals surface area (Å²) in [5.74, 6) is 0.529. The van der Waals surface area contributed by atoms with Crippen molar-refractivity contribution >= 4 is 17.3 Å². The molecule has 2 aromatic carbocycles. The van der Waals surface area contributed by atoms with Crippen molar-refractivity contribution in [3.63, 3.8) is 0 Å². The smallest absolute Gasteiger partial charge is 0.274 e. The minimum atomic E-state index is -0.247. The zero-order chi connectivity index (χ0) is 18.2. The van der Waals surface area contributed by atoms with Gasteiger partial charge in [-0.1, -0.05) is 30.3 Å². The van der Waals surface area contributed by atoms with Crippen molar-refractivity contribution in [1.82, 2.24) is 4.98 Å². The summed E-state index contributed by atoms with van der Waals surface area (Å²) in [6.45, 7) is 3.25. The second kappa shape index (κ2) is 8.67. The molecule has 3 aromatic rings. The lowest BCUT2D eigenvalue weighted by molar-refractivity contribution is 0.102. The van der Waals surface area contributed by atoms with Crippen molar-refractivity contribution in [2.45, 2.75) is 13.5 Å². The third kappa shape index (κ3) is 4.83. The number of carbonyl (C=O) groups is 1. The average Bonchev–Trinajstić information content (AvgIpc) is 2.69. The molecule has 1 amide bonds. The third-order valence-electron chi connectivity index (χ3n) is 3.76. The summed E-state index contributed by atoms with van der Waals surface area (Å²) in [7, 11) is 0. The van der Waals surface area contributed by atoms with E-state index in [1.807, 2.05) is 43.3 Å². The molecule has 0 bridgehead atoms. The Labute approximate surface area is 153 Å². The zero-order valence-corrected chi connectivity index (χ0v) is 14.6. The number of carbonyl (C=O) groups excluding carboxylic acids is 1. The molecule has 0 radical (unpaired) electrons. The molecule has 0 saturated heterocycles. The van der Waals surface area contributed by atoms with Crippen molar-refractivity contribution in [3.05, 3.63) is 84.2 Å². The van der Waals surface area contributed by atoms with Crippen LogP contribution in [-0.2, 0) is 6.54 Å². The number of amides is 1. The molecule has 1 heterocycles. The first-order chi connectivity index (χ1) is 12.7. The summed E-state index contributed by atoms with van der Waals surface area (Å²) in [5.41, 5.74) is 3.12. The fourth-order valence-electron chi connectivity index (χ4n) is 2.43. The van der Waals surface area contributed by atoms with Gasteiger partial charge < -0.3 is 15.4 Å². The van der Waals surface area contributed by atoms with Gasteiger partial charge >= 0.3 is 0 Å². The highest BCUT2D eigenvalue weighted by atomic mass is 16.5. The fourth-order valence-corrected chi connectivity index (χ4v) is 2.43. The van der Waals surface area contributed by atoms with E-state index in [4.69, 9.17) is 4.74 Å². The van der Waals surface area contributed by atoms with Gasteiger partial charge in [-0.15, -0.1) is 0 Å². The van der Waals surface area contributed by atoms with Crippen LogP contribution in [0.2, 0.25) is 0 Å². The van der Waals surface area contributed by atoms with Gasteiger partial charge in [-0.25, -0.2) is 4.98 Å². The molecule has 0 aliphatic carbocycles. The SMILES string of the molecule is CCOc1ccc(NC(=O)c2ccc(NCc3ccccc3)cn2)cc1. The molecule has 0 saturated carbocycles. The third-order valence-corrected chi connectivity index (χ3v) is 3.76. The van der Waals surface area contributed by atoms with Crippen LogP contribution in [0.25, 0.3) is 0 Å². The second-order valence-corrected chi connectivity index (χ2v) is 5.68. The van der Waals surface area contributed by atoms with Gasteiger partial charge in [0, 0.05) is 12.2 Å². The predicted molar refractivity (Wildman–Crippen MR) is 104 cm³/mol. The second-order valence-electron chi connectivity index (χ2n) is 5.68. The monoisotopic (exact) mass is 347 g/mol. The largest absolute Gasteiger partial charge is 0.494 e. The maximum absolute atomic E-state index is 12.3. The van der Waals surface area contributed by atoms with Gasteiger partial charge in [0.05, 0.1) is 18.5 Å². The highest BCUT2D eigenvalue weighted by Crippen LogP contribution is 2.16. The molecule has 0 fully saturated rings. The van der Waals surface area contributed by atoms with E-state index in [0.29, 0.717) is 24.5 Å². The van der Waals surface area contributed by atoms with E-state index in [9.17, 15) is 4.79 Å². The minimum absolute atomic E-state index is 0.247. The van der Waals surface area contributed by atoms with Crippen LogP contribution in [0.1, 0.15) is 23.0 Å². The number of aromatic nitrogens is 1. The summed E-state index contributed by atoms with van der Waals surface area (Å²) >= 11 is 0. The molecule has 0 unspecified atom stereocenters. The summed E-state index contributed by atoms with van der Waals surface area (Å²) in [6, 6.07) is 20.9. The van der Waals surface area contributed by atoms with Crippen molar-refractivity contribution in [1.29, 1.82) is 0 Å². The van der Waals surface area contributed by atoms with E-state index >= 15 is 0 Å². The van der Waals surface area contributed by atoms with Gasteiger partial charge in [0.1, 0.15) is 11.4 Å². The Morgan fingerprint density at radius 3 is 2.35 bits per heavy atom. The Balaban J connectivity index is 1.56. The van der Waals surface area contributed by atoms with Crippen molar-refractivity contribution in [3.8, 4) is 5.75 Å². The highest BCUT2D eigenvalue weighted by Gasteiger charge is 2.08. The molecule has 0 spiro atoms. The van der Waals surface area contributed by atoms with Crippen LogP contribution in [0, 0.1) is 0 Å². The van der Waals surface area contributed by atoms with Crippen LogP contribution in [0.3, 0.4) is 0 Å². The van der Waals surface area contributed by atoms with Gasteiger partial charge in [0.25, 0.3) is 5.91 Å². The van der Waals surface area contributed by atoms with E-state index in [1.165, 1.54) is 5.56 Å².